The molecule has 1 N–H and O–H groups in total. The number of hydrogen-bond donors (Lipinski definition) is 1. The summed E-state index contributed by atoms with van der Waals surface area (Å²) in [6.45, 7) is -0.393. The van der Waals surface area contributed by atoms with Crippen molar-refractivity contribution in [2.75, 3.05) is 17.7 Å². The number of ether oxygens (including phenoxy) is 1. The molecule has 0 aliphatic heterocycles. The summed E-state index contributed by atoms with van der Waals surface area (Å²) in [5.41, 5.74) is 2.78. The first-order chi connectivity index (χ1) is 14.1. The monoisotopic (exact) mass is 409 g/mol. The lowest BCUT2D eigenvalue weighted by Gasteiger charge is -2.11. The van der Waals surface area contributed by atoms with Gasteiger partial charge >= 0.3 is 5.97 Å². The van der Waals surface area contributed by atoms with Crippen LogP contribution in [-0.4, -0.2) is 24.2 Å². The van der Waals surface area contributed by atoms with Crippen molar-refractivity contribution in [2.45, 2.75) is 11.3 Å². The zero-order valence-corrected chi connectivity index (χ0v) is 16.5. The van der Waals surface area contributed by atoms with E-state index >= 15 is 0 Å². The van der Waals surface area contributed by atoms with E-state index in [1.807, 2.05) is 54.6 Å². The lowest BCUT2D eigenvalue weighted by Crippen LogP contribution is -2.22. The number of rotatable bonds is 8. The third-order valence-electron chi connectivity index (χ3n) is 4.08. The summed E-state index contributed by atoms with van der Waals surface area (Å²) in [6.07, 6.45) is 0.677. The average Bonchev–Trinajstić information content (AvgIpc) is 2.74. The van der Waals surface area contributed by atoms with Crippen molar-refractivity contribution in [1.29, 1.82) is 0 Å². The van der Waals surface area contributed by atoms with Gasteiger partial charge in [0.15, 0.2) is 6.61 Å². The Morgan fingerprint density at radius 3 is 2.38 bits per heavy atom. The Labute approximate surface area is 173 Å². The van der Waals surface area contributed by atoms with Gasteiger partial charge in [0.05, 0.1) is 5.75 Å². The van der Waals surface area contributed by atoms with E-state index in [9.17, 15) is 14.0 Å². The second-order valence-corrected chi connectivity index (χ2v) is 7.26. The van der Waals surface area contributed by atoms with Gasteiger partial charge in [-0.05, 0) is 35.7 Å². The van der Waals surface area contributed by atoms with Crippen LogP contribution in [0.2, 0.25) is 0 Å². The van der Waals surface area contributed by atoms with E-state index in [1.165, 1.54) is 6.07 Å². The van der Waals surface area contributed by atoms with Gasteiger partial charge in [-0.15, -0.1) is 11.8 Å². The summed E-state index contributed by atoms with van der Waals surface area (Å²) in [5.74, 6) is -1.46. The Hall–Kier alpha value is -3.12. The molecule has 0 aliphatic carbocycles. The summed E-state index contributed by atoms with van der Waals surface area (Å²) in [7, 11) is 0. The maximum Gasteiger partial charge on any atom is 0.316 e. The molecule has 0 aromatic heterocycles. The van der Waals surface area contributed by atoms with Gasteiger partial charge < -0.3 is 10.1 Å². The van der Waals surface area contributed by atoms with Crippen LogP contribution in [0, 0.1) is 5.82 Å². The first kappa shape index (κ1) is 20.6. The van der Waals surface area contributed by atoms with Crippen molar-refractivity contribution < 1.29 is 18.7 Å². The maximum atomic E-state index is 13.6. The Morgan fingerprint density at radius 2 is 1.59 bits per heavy atom. The van der Waals surface area contributed by atoms with E-state index in [1.54, 1.807) is 18.2 Å². The number of thioether (sulfide) groups is 1. The van der Waals surface area contributed by atoms with Crippen molar-refractivity contribution in [3.05, 3.63) is 95.8 Å². The Morgan fingerprint density at radius 1 is 0.897 bits per heavy atom. The molecule has 0 saturated heterocycles. The number of para-hydroxylation sites is 1. The molecule has 4 nitrogen and oxygen atoms in total. The smallest absolute Gasteiger partial charge is 0.316 e. The summed E-state index contributed by atoms with van der Waals surface area (Å²) >= 11 is 1.03. The fourth-order valence-electron chi connectivity index (χ4n) is 2.68. The quantitative estimate of drug-likeness (QED) is 0.433. The van der Waals surface area contributed by atoms with E-state index in [4.69, 9.17) is 4.74 Å². The molecular weight excluding hydrogens is 389 g/mol. The Kier molecular flexibility index (Phi) is 7.41. The van der Waals surface area contributed by atoms with E-state index in [0.717, 1.165) is 22.9 Å². The van der Waals surface area contributed by atoms with Gasteiger partial charge in [0.2, 0.25) is 0 Å². The number of esters is 1. The Bertz CT molecular complexity index is 979. The molecule has 29 heavy (non-hydrogen) atoms. The SMILES string of the molecule is O=C(COC(=O)CSc1ccccc1F)Nc1ccccc1Cc1ccccc1. The number of nitrogens with one attached hydrogen (secondary N) is 1. The van der Waals surface area contributed by atoms with Crippen LogP contribution in [0.25, 0.3) is 0 Å². The molecule has 148 valence electrons. The van der Waals surface area contributed by atoms with Crippen molar-refractivity contribution in [3.8, 4) is 0 Å². The molecule has 0 fully saturated rings. The molecule has 0 aliphatic rings. The highest BCUT2D eigenvalue weighted by Gasteiger charge is 2.12. The topological polar surface area (TPSA) is 55.4 Å². The van der Waals surface area contributed by atoms with E-state index in [2.05, 4.69) is 5.32 Å². The third kappa shape index (κ3) is 6.47. The summed E-state index contributed by atoms with van der Waals surface area (Å²) in [4.78, 5) is 24.4. The second-order valence-electron chi connectivity index (χ2n) is 6.25. The fourth-order valence-corrected chi connectivity index (χ4v) is 3.42. The van der Waals surface area contributed by atoms with Crippen LogP contribution in [0.1, 0.15) is 11.1 Å². The largest absolute Gasteiger partial charge is 0.455 e. The predicted octanol–water partition coefficient (Wildman–Crippen LogP) is 4.69. The molecule has 0 spiro atoms. The van der Waals surface area contributed by atoms with Crippen LogP contribution in [0.4, 0.5) is 10.1 Å². The molecular formula is C23H20FNO3S. The number of benzene rings is 3. The third-order valence-corrected chi connectivity index (χ3v) is 5.10. The predicted molar refractivity (Wildman–Crippen MR) is 112 cm³/mol. The summed E-state index contributed by atoms with van der Waals surface area (Å²) in [6, 6.07) is 23.6. The Balaban J connectivity index is 1.49. The molecule has 0 saturated carbocycles. The molecule has 3 rings (SSSR count). The minimum absolute atomic E-state index is 0.0706. The number of amides is 1. The van der Waals surface area contributed by atoms with E-state index in [0.29, 0.717) is 17.0 Å². The molecule has 3 aromatic carbocycles. The van der Waals surface area contributed by atoms with Crippen molar-refractivity contribution in [1.82, 2.24) is 0 Å². The van der Waals surface area contributed by atoms with Crippen LogP contribution in [-0.2, 0) is 20.7 Å². The zero-order valence-electron chi connectivity index (χ0n) is 15.6. The molecule has 0 atom stereocenters. The number of hydrogen-bond acceptors (Lipinski definition) is 4. The second kappa shape index (κ2) is 10.4. The molecule has 3 aromatic rings. The number of halogens is 1. The van der Waals surface area contributed by atoms with Crippen LogP contribution in [0.5, 0.6) is 0 Å². The summed E-state index contributed by atoms with van der Waals surface area (Å²) in [5, 5.41) is 2.79. The average molecular weight is 409 g/mol. The van der Waals surface area contributed by atoms with Gasteiger partial charge in [-0.2, -0.15) is 0 Å². The lowest BCUT2D eigenvalue weighted by molar-refractivity contribution is -0.144. The molecule has 0 radical (unpaired) electrons. The molecule has 0 unspecified atom stereocenters. The van der Waals surface area contributed by atoms with E-state index in [-0.39, 0.29) is 5.75 Å². The molecule has 6 heteroatoms. The highest BCUT2D eigenvalue weighted by atomic mass is 32.2. The maximum absolute atomic E-state index is 13.6. The minimum Gasteiger partial charge on any atom is -0.455 e. The van der Waals surface area contributed by atoms with Gasteiger partial charge in [-0.25, -0.2) is 4.39 Å². The normalized spacial score (nSPS) is 10.4. The first-order valence-corrected chi connectivity index (χ1v) is 10.0. The van der Waals surface area contributed by atoms with Crippen LogP contribution in [0.15, 0.2) is 83.8 Å². The first-order valence-electron chi connectivity index (χ1n) is 9.06. The van der Waals surface area contributed by atoms with Gasteiger partial charge in [0.25, 0.3) is 5.91 Å². The number of anilines is 1. The number of carbonyl (C=O) groups excluding carboxylic acids is 2. The van der Waals surface area contributed by atoms with Gasteiger partial charge in [0.1, 0.15) is 5.82 Å². The van der Waals surface area contributed by atoms with Crippen molar-refractivity contribution in [2.24, 2.45) is 0 Å². The van der Waals surface area contributed by atoms with Crippen molar-refractivity contribution >= 4 is 29.3 Å². The minimum atomic E-state index is -0.578. The highest BCUT2D eigenvalue weighted by Crippen LogP contribution is 2.21. The van der Waals surface area contributed by atoms with Crippen molar-refractivity contribution in [3.63, 3.8) is 0 Å². The fraction of sp³-hybridized carbons (Fsp3) is 0.130. The highest BCUT2D eigenvalue weighted by molar-refractivity contribution is 8.00. The standard InChI is InChI=1S/C23H20FNO3S/c24-19-11-5-7-13-21(19)29-16-23(27)28-15-22(26)25-20-12-6-4-10-18(20)14-17-8-2-1-3-9-17/h1-13H,14-16H2,(H,25,26). The summed E-state index contributed by atoms with van der Waals surface area (Å²) < 4.78 is 18.6. The van der Waals surface area contributed by atoms with Crippen LogP contribution >= 0.6 is 11.8 Å². The van der Waals surface area contributed by atoms with Gasteiger partial charge in [-0.3, -0.25) is 9.59 Å². The molecule has 0 bridgehead atoms. The number of carbonyl (C=O) groups is 2. The molecule has 1 amide bonds. The van der Waals surface area contributed by atoms with Crippen LogP contribution < -0.4 is 5.32 Å². The van der Waals surface area contributed by atoms with Gasteiger partial charge in [0, 0.05) is 10.6 Å². The molecule has 0 heterocycles. The lowest BCUT2D eigenvalue weighted by atomic mass is 10.0. The van der Waals surface area contributed by atoms with Gasteiger partial charge in [-0.1, -0.05) is 60.7 Å². The zero-order chi connectivity index (χ0) is 20.5. The van der Waals surface area contributed by atoms with E-state index < -0.39 is 24.3 Å². The van der Waals surface area contributed by atoms with Crippen LogP contribution in [0.3, 0.4) is 0 Å².